The SMILES string of the molecule is C=C(/C=C/C)C(=Nc1cccc(C)c1C)C(F)(F)F. The van der Waals surface area contributed by atoms with Gasteiger partial charge in [0.2, 0.25) is 0 Å². The van der Waals surface area contributed by atoms with Crippen LogP contribution in [0.1, 0.15) is 18.1 Å². The fraction of sp³-hybridized carbons (Fsp3) is 0.267. The van der Waals surface area contributed by atoms with Crippen LogP contribution in [0.2, 0.25) is 0 Å². The highest BCUT2D eigenvalue weighted by Gasteiger charge is 2.36. The second-order valence-corrected chi connectivity index (χ2v) is 4.20. The van der Waals surface area contributed by atoms with Gasteiger partial charge in [-0.3, -0.25) is 0 Å². The zero-order chi connectivity index (χ0) is 14.6. The van der Waals surface area contributed by atoms with E-state index in [0.717, 1.165) is 11.1 Å². The van der Waals surface area contributed by atoms with Gasteiger partial charge in [0.15, 0.2) is 5.71 Å². The van der Waals surface area contributed by atoms with Crippen LogP contribution in [0.25, 0.3) is 0 Å². The standard InChI is InChI=1S/C15H16F3N/c1-5-7-11(3)14(15(16,17)18)19-13-9-6-8-10(2)12(13)4/h5-9H,3H2,1-2,4H3/b7-5+,19-14?. The van der Waals surface area contributed by atoms with Crippen molar-refractivity contribution in [3.8, 4) is 0 Å². The first kappa shape index (κ1) is 15.2. The van der Waals surface area contributed by atoms with Gasteiger partial charge in [0.25, 0.3) is 0 Å². The smallest absolute Gasteiger partial charge is 0.243 e. The molecule has 0 unspecified atom stereocenters. The van der Waals surface area contributed by atoms with Gasteiger partial charge in [0, 0.05) is 0 Å². The number of halogens is 3. The maximum atomic E-state index is 13.0. The van der Waals surface area contributed by atoms with Crippen LogP contribution in [0.3, 0.4) is 0 Å². The van der Waals surface area contributed by atoms with Gasteiger partial charge in [0.1, 0.15) is 0 Å². The van der Waals surface area contributed by atoms with Crippen molar-refractivity contribution in [1.29, 1.82) is 0 Å². The number of aliphatic imine (C=N–C) groups is 1. The summed E-state index contributed by atoms with van der Waals surface area (Å²) in [7, 11) is 0. The molecule has 0 aromatic heterocycles. The van der Waals surface area contributed by atoms with Gasteiger partial charge in [-0.1, -0.05) is 30.9 Å². The molecule has 0 spiro atoms. The Labute approximate surface area is 111 Å². The van der Waals surface area contributed by atoms with Crippen LogP contribution in [0.15, 0.2) is 47.5 Å². The van der Waals surface area contributed by atoms with E-state index >= 15 is 0 Å². The van der Waals surface area contributed by atoms with Gasteiger partial charge in [-0.25, -0.2) is 4.99 Å². The minimum atomic E-state index is -4.52. The molecule has 19 heavy (non-hydrogen) atoms. The second kappa shape index (κ2) is 5.87. The Morgan fingerprint density at radius 1 is 1.26 bits per heavy atom. The summed E-state index contributed by atoms with van der Waals surface area (Å²) in [6.07, 6.45) is -1.71. The van der Waals surface area contributed by atoms with Crippen molar-refractivity contribution in [1.82, 2.24) is 0 Å². The molecule has 102 valence electrons. The Balaban J connectivity index is 3.36. The number of nitrogens with zero attached hydrogens (tertiary/aromatic N) is 1. The molecular formula is C15H16F3N. The Bertz CT molecular complexity index is 537. The number of rotatable bonds is 3. The zero-order valence-electron chi connectivity index (χ0n) is 11.2. The second-order valence-electron chi connectivity index (χ2n) is 4.20. The van der Waals surface area contributed by atoms with Crippen LogP contribution in [0.5, 0.6) is 0 Å². The van der Waals surface area contributed by atoms with Crippen LogP contribution < -0.4 is 0 Å². The van der Waals surface area contributed by atoms with Crippen LogP contribution in [-0.2, 0) is 0 Å². The van der Waals surface area contributed by atoms with Crippen molar-refractivity contribution in [2.45, 2.75) is 26.9 Å². The van der Waals surface area contributed by atoms with E-state index < -0.39 is 11.9 Å². The molecule has 0 aliphatic carbocycles. The van der Waals surface area contributed by atoms with E-state index in [0.29, 0.717) is 5.69 Å². The molecular weight excluding hydrogens is 251 g/mol. The number of allylic oxidation sites excluding steroid dienone is 3. The lowest BCUT2D eigenvalue weighted by Crippen LogP contribution is -2.23. The predicted octanol–water partition coefficient (Wildman–Crippen LogP) is 5.07. The fourth-order valence-electron chi connectivity index (χ4n) is 1.57. The first-order chi connectivity index (χ1) is 8.77. The van der Waals surface area contributed by atoms with E-state index in [9.17, 15) is 13.2 Å². The van der Waals surface area contributed by atoms with E-state index in [4.69, 9.17) is 0 Å². The molecule has 0 N–H and O–H groups in total. The van der Waals surface area contributed by atoms with Gasteiger partial charge < -0.3 is 0 Å². The Morgan fingerprint density at radius 3 is 2.42 bits per heavy atom. The molecule has 4 heteroatoms. The van der Waals surface area contributed by atoms with Gasteiger partial charge in [0.05, 0.1) is 5.69 Å². The lowest BCUT2D eigenvalue weighted by atomic mass is 10.1. The Morgan fingerprint density at radius 2 is 1.89 bits per heavy atom. The normalized spacial score (nSPS) is 13.1. The molecule has 0 fully saturated rings. The highest BCUT2D eigenvalue weighted by Crippen LogP contribution is 2.28. The third-order valence-electron chi connectivity index (χ3n) is 2.75. The summed E-state index contributed by atoms with van der Waals surface area (Å²) < 4.78 is 39.0. The minimum absolute atomic E-state index is 0.143. The molecule has 0 amide bonds. The summed E-state index contributed by atoms with van der Waals surface area (Å²) in [6.45, 7) is 8.64. The van der Waals surface area contributed by atoms with E-state index in [1.54, 1.807) is 26.0 Å². The predicted molar refractivity (Wildman–Crippen MR) is 73.0 cm³/mol. The van der Waals surface area contributed by atoms with Crippen LogP contribution in [0.4, 0.5) is 18.9 Å². The summed E-state index contributed by atoms with van der Waals surface area (Å²) in [6, 6.07) is 5.09. The van der Waals surface area contributed by atoms with Crippen molar-refractivity contribution < 1.29 is 13.2 Å². The number of alkyl halides is 3. The Kier molecular flexibility index (Phi) is 4.70. The third kappa shape index (κ3) is 3.81. The lowest BCUT2D eigenvalue weighted by Gasteiger charge is -2.12. The first-order valence-corrected chi connectivity index (χ1v) is 5.81. The Hall–Kier alpha value is -1.84. The molecule has 0 aliphatic heterocycles. The van der Waals surface area contributed by atoms with Gasteiger partial charge >= 0.3 is 6.18 Å². The van der Waals surface area contributed by atoms with Gasteiger partial charge in [-0.15, -0.1) is 0 Å². The molecule has 0 saturated heterocycles. The first-order valence-electron chi connectivity index (χ1n) is 5.81. The molecule has 1 aromatic carbocycles. The third-order valence-corrected chi connectivity index (χ3v) is 2.75. The molecule has 1 aromatic rings. The van der Waals surface area contributed by atoms with Crippen LogP contribution in [0, 0.1) is 13.8 Å². The van der Waals surface area contributed by atoms with E-state index in [2.05, 4.69) is 11.6 Å². The maximum absolute atomic E-state index is 13.0. The lowest BCUT2D eigenvalue weighted by molar-refractivity contribution is -0.0580. The summed E-state index contributed by atoms with van der Waals surface area (Å²) in [5.41, 5.74) is 0.852. The number of benzene rings is 1. The van der Waals surface area contributed by atoms with E-state index in [1.807, 2.05) is 13.0 Å². The monoisotopic (exact) mass is 267 g/mol. The number of hydrogen-bond donors (Lipinski definition) is 0. The average molecular weight is 267 g/mol. The van der Waals surface area contributed by atoms with Crippen molar-refractivity contribution >= 4 is 11.4 Å². The molecule has 1 nitrogen and oxygen atoms in total. The molecule has 1 rings (SSSR count). The number of hydrogen-bond acceptors (Lipinski definition) is 1. The largest absolute Gasteiger partial charge is 0.433 e. The van der Waals surface area contributed by atoms with Crippen molar-refractivity contribution in [2.75, 3.05) is 0 Å². The summed E-state index contributed by atoms with van der Waals surface area (Å²) in [4.78, 5) is 3.75. The van der Waals surface area contributed by atoms with Crippen LogP contribution >= 0.6 is 0 Å². The highest BCUT2D eigenvalue weighted by atomic mass is 19.4. The fourth-order valence-corrected chi connectivity index (χ4v) is 1.57. The topological polar surface area (TPSA) is 12.4 Å². The van der Waals surface area contributed by atoms with Crippen molar-refractivity contribution in [3.05, 3.63) is 53.6 Å². The summed E-state index contributed by atoms with van der Waals surface area (Å²) in [5, 5.41) is 0. The highest BCUT2D eigenvalue weighted by molar-refractivity contribution is 6.07. The summed E-state index contributed by atoms with van der Waals surface area (Å²) in [5.74, 6) is 0. The molecule has 0 atom stereocenters. The van der Waals surface area contributed by atoms with E-state index in [-0.39, 0.29) is 5.57 Å². The zero-order valence-corrected chi connectivity index (χ0v) is 11.2. The quantitative estimate of drug-likeness (QED) is 0.535. The van der Waals surface area contributed by atoms with Crippen LogP contribution in [-0.4, -0.2) is 11.9 Å². The van der Waals surface area contributed by atoms with Gasteiger partial charge in [-0.05, 0) is 43.5 Å². The summed E-state index contributed by atoms with van der Waals surface area (Å²) >= 11 is 0. The maximum Gasteiger partial charge on any atom is 0.433 e. The molecule has 0 radical (unpaired) electrons. The van der Waals surface area contributed by atoms with E-state index in [1.165, 1.54) is 12.2 Å². The van der Waals surface area contributed by atoms with Crippen molar-refractivity contribution in [3.63, 3.8) is 0 Å². The minimum Gasteiger partial charge on any atom is -0.243 e. The van der Waals surface area contributed by atoms with Crippen molar-refractivity contribution in [2.24, 2.45) is 4.99 Å². The number of aryl methyl sites for hydroxylation is 1. The molecule has 0 bridgehead atoms. The molecule has 0 aliphatic rings. The average Bonchev–Trinajstić information content (AvgIpc) is 2.29. The van der Waals surface area contributed by atoms with Gasteiger partial charge in [-0.2, -0.15) is 13.2 Å². The molecule has 0 heterocycles. The molecule has 0 saturated carbocycles.